The van der Waals surface area contributed by atoms with Gasteiger partial charge in [0.1, 0.15) is 12.4 Å². The number of aryl methyl sites for hydroxylation is 1. The van der Waals surface area contributed by atoms with Gasteiger partial charge in [0.2, 0.25) is 0 Å². The summed E-state index contributed by atoms with van der Waals surface area (Å²) in [5.41, 5.74) is 2.94. The van der Waals surface area contributed by atoms with Crippen LogP contribution in [0.2, 0.25) is 0 Å². The van der Waals surface area contributed by atoms with Gasteiger partial charge in [-0.25, -0.2) is 0 Å². The van der Waals surface area contributed by atoms with Crippen LogP contribution in [0.25, 0.3) is 0 Å². The molecule has 0 saturated carbocycles. The third-order valence-electron chi connectivity index (χ3n) is 4.28. The van der Waals surface area contributed by atoms with Crippen LogP contribution < -0.4 is 14.8 Å². The molecule has 0 saturated heterocycles. The number of aromatic nitrogens is 1. The minimum Gasteiger partial charge on any atom is -0.506 e. The van der Waals surface area contributed by atoms with Crippen LogP contribution in [0.15, 0.2) is 59.3 Å². The Morgan fingerprint density at radius 2 is 1.86 bits per heavy atom. The lowest BCUT2D eigenvalue weighted by atomic mass is 10.1. The molecular weight excluding hydrogens is 436 g/mol. The number of carbonyl (C=O) groups excluding carboxylic acids is 1. The summed E-state index contributed by atoms with van der Waals surface area (Å²) in [6.45, 7) is 2.54. The molecule has 150 valence electrons. The lowest BCUT2D eigenvalue weighted by molar-refractivity contribution is 0.0948. The van der Waals surface area contributed by atoms with E-state index in [-0.39, 0.29) is 23.8 Å². The first-order valence-electron chi connectivity index (χ1n) is 8.94. The molecule has 0 spiro atoms. The summed E-state index contributed by atoms with van der Waals surface area (Å²) >= 11 is 3.26. The number of pyridine rings is 1. The number of ether oxygens (including phenoxy) is 2. The lowest BCUT2D eigenvalue weighted by Crippen LogP contribution is -2.23. The molecule has 1 aromatic heterocycles. The van der Waals surface area contributed by atoms with E-state index in [1.54, 1.807) is 31.6 Å². The van der Waals surface area contributed by atoms with E-state index >= 15 is 0 Å². The van der Waals surface area contributed by atoms with Crippen LogP contribution in [0.4, 0.5) is 0 Å². The number of nitrogens with zero attached hydrogens (tertiary/aromatic N) is 1. The number of phenols is 1. The first-order valence-corrected chi connectivity index (χ1v) is 9.73. The van der Waals surface area contributed by atoms with Crippen LogP contribution in [0.1, 0.15) is 27.0 Å². The van der Waals surface area contributed by atoms with Crippen LogP contribution in [0.3, 0.4) is 0 Å². The summed E-state index contributed by atoms with van der Waals surface area (Å²) in [4.78, 5) is 16.5. The second-order valence-electron chi connectivity index (χ2n) is 6.45. The summed E-state index contributed by atoms with van der Waals surface area (Å²) in [7, 11) is 1.57. The van der Waals surface area contributed by atoms with Crippen molar-refractivity contribution in [2.24, 2.45) is 0 Å². The minimum atomic E-state index is -0.358. The van der Waals surface area contributed by atoms with E-state index in [0.717, 1.165) is 16.7 Å². The van der Waals surface area contributed by atoms with Crippen molar-refractivity contribution in [2.45, 2.75) is 20.1 Å². The number of benzene rings is 2. The predicted molar refractivity (Wildman–Crippen MR) is 113 cm³/mol. The summed E-state index contributed by atoms with van der Waals surface area (Å²) in [6, 6.07) is 12.6. The number of phenolic OH excluding ortho intramolecular Hbond substituents is 1. The summed E-state index contributed by atoms with van der Waals surface area (Å²) in [6.07, 6.45) is 3.43. The van der Waals surface area contributed by atoms with Crippen molar-refractivity contribution >= 4 is 21.8 Å². The Hall–Kier alpha value is -3.06. The van der Waals surface area contributed by atoms with Gasteiger partial charge in [0, 0.05) is 18.9 Å². The molecule has 6 nitrogen and oxygen atoms in total. The Balaban J connectivity index is 1.66. The topological polar surface area (TPSA) is 80.7 Å². The number of hydrogen-bond acceptors (Lipinski definition) is 5. The van der Waals surface area contributed by atoms with E-state index in [1.807, 2.05) is 37.3 Å². The molecule has 1 amide bonds. The van der Waals surface area contributed by atoms with Crippen LogP contribution in [0, 0.1) is 6.92 Å². The van der Waals surface area contributed by atoms with E-state index in [9.17, 15) is 9.90 Å². The number of carbonyl (C=O) groups is 1. The normalized spacial score (nSPS) is 10.4. The molecule has 0 aliphatic carbocycles. The van der Waals surface area contributed by atoms with Gasteiger partial charge < -0.3 is 19.9 Å². The maximum absolute atomic E-state index is 12.5. The van der Waals surface area contributed by atoms with Crippen LogP contribution in [-0.2, 0) is 13.2 Å². The lowest BCUT2D eigenvalue weighted by Gasteiger charge is -2.13. The Bertz CT molecular complexity index is 1010. The number of amides is 1. The average molecular weight is 457 g/mol. The zero-order chi connectivity index (χ0) is 20.8. The molecule has 2 aromatic carbocycles. The molecule has 0 radical (unpaired) electrons. The predicted octanol–water partition coefficient (Wildman–Crippen LogP) is 4.38. The standard InChI is InChI=1S/C22H21BrN2O4/c1-14-9-17(21(26)18(23)10-14)22(27)25-12-16-3-4-19(20(11-16)28-2)29-13-15-5-7-24-8-6-15/h3-11,26H,12-13H2,1-2H3,(H,25,27). The maximum Gasteiger partial charge on any atom is 0.255 e. The maximum atomic E-state index is 12.5. The zero-order valence-corrected chi connectivity index (χ0v) is 17.7. The monoisotopic (exact) mass is 456 g/mol. The highest BCUT2D eigenvalue weighted by molar-refractivity contribution is 9.10. The molecule has 3 rings (SSSR count). The molecule has 0 aliphatic heterocycles. The number of hydrogen-bond donors (Lipinski definition) is 2. The van der Waals surface area contributed by atoms with Gasteiger partial charge in [0.15, 0.2) is 11.5 Å². The molecule has 29 heavy (non-hydrogen) atoms. The zero-order valence-electron chi connectivity index (χ0n) is 16.1. The molecule has 0 atom stereocenters. The van der Waals surface area contributed by atoms with Crippen molar-refractivity contribution in [3.63, 3.8) is 0 Å². The van der Waals surface area contributed by atoms with Crippen LogP contribution in [0.5, 0.6) is 17.2 Å². The summed E-state index contributed by atoms with van der Waals surface area (Å²) < 4.78 is 11.7. The highest BCUT2D eigenvalue weighted by atomic mass is 79.9. The van der Waals surface area contributed by atoms with Gasteiger partial charge >= 0.3 is 0 Å². The first-order chi connectivity index (χ1) is 14.0. The second kappa shape index (κ2) is 9.43. The quantitative estimate of drug-likeness (QED) is 0.551. The average Bonchev–Trinajstić information content (AvgIpc) is 2.74. The molecule has 0 unspecified atom stereocenters. The smallest absolute Gasteiger partial charge is 0.255 e. The Morgan fingerprint density at radius 3 is 2.59 bits per heavy atom. The number of aromatic hydroxyl groups is 1. The number of halogens is 1. The fourth-order valence-corrected chi connectivity index (χ4v) is 3.34. The van der Waals surface area contributed by atoms with Crippen molar-refractivity contribution in [2.75, 3.05) is 7.11 Å². The largest absolute Gasteiger partial charge is 0.506 e. The van der Waals surface area contributed by atoms with Crippen molar-refractivity contribution < 1.29 is 19.4 Å². The summed E-state index contributed by atoms with van der Waals surface area (Å²) in [5.74, 6) is 0.751. The van der Waals surface area contributed by atoms with Gasteiger partial charge in [-0.05, 0) is 75.9 Å². The van der Waals surface area contributed by atoms with E-state index in [0.29, 0.717) is 22.6 Å². The Kier molecular flexibility index (Phi) is 6.72. The molecule has 0 bridgehead atoms. The van der Waals surface area contributed by atoms with Gasteiger partial charge in [0.05, 0.1) is 17.1 Å². The highest BCUT2D eigenvalue weighted by Gasteiger charge is 2.15. The molecule has 1 heterocycles. The number of nitrogens with one attached hydrogen (secondary N) is 1. The van der Waals surface area contributed by atoms with Gasteiger partial charge in [0.25, 0.3) is 5.91 Å². The van der Waals surface area contributed by atoms with Crippen molar-refractivity contribution in [1.29, 1.82) is 0 Å². The molecular formula is C22H21BrN2O4. The molecule has 0 fully saturated rings. The van der Waals surface area contributed by atoms with Crippen LogP contribution in [-0.4, -0.2) is 23.1 Å². The van der Waals surface area contributed by atoms with Crippen molar-refractivity contribution in [3.05, 3.63) is 81.6 Å². The van der Waals surface area contributed by atoms with E-state index in [1.165, 1.54) is 0 Å². The SMILES string of the molecule is COc1cc(CNC(=O)c2cc(C)cc(Br)c2O)ccc1OCc1ccncc1. The van der Waals surface area contributed by atoms with Crippen molar-refractivity contribution in [3.8, 4) is 17.2 Å². The van der Waals surface area contributed by atoms with Crippen molar-refractivity contribution in [1.82, 2.24) is 10.3 Å². The second-order valence-corrected chi connectivity index (χ2v) is 7.31. The number of methoxy groups -OCH3 is 1. The van der Waals surface area contributed by atoms with E-state index in [4.69, 9.17) is 9.47 Å². The van der Waals surface area contributed by atoms with E-state index in [2.05, 4.69) is 26.2 Å². The van der Waals surface area contributed by atoms with E-state index < -0.39 is 0 Å². The van der Waals surface area contributed by atoms with Gasteiger partial charge in [-0.1, -0.05) is 6.07 Å². The van der Waals surface area contributed by atoms with Gasteiger partial charge in [-0.2, -0.15) is 0 Å². The minimum absolute atomic E-state index is 0.0782. The first kappa shape index (κ1) is 20.7. The third-order valence-corrected chi connectivity index (χ3v) is 4.88. The number of rotatable bonds is 7. The fourth-order valence-electron chi connectivity index (χ4n) is 2.77. The molecule has 0 aliphatic rings. The fraction of sp³-hybridized carbons (Fsp3) is 0.182. The van der Waals surface area contributed by atoms with Gasteiger partial charge in [-0.15, -0.1) is 0 Å². The molecule has 2 N–H and O–H groups in total. The molecule has 7 heteroatoms. The van der Waals surface area contributed by atoms with Crippen LogP contribution >= 0.6 is 15.9 Å². The highest BCUT2D eigenvalue weighted by Crippen LogP contribution is 2.30. The third kappa shape index (κ3) is 5.26. The Morgan fingerprint density at radius 1 is 1.10 bits per heavy atom. The molecule has 3 aromatic rings. The van der Waals surface area contributed by atoms with Gasteiger partial charge in [-0.3, -0.25) is 9.78 Å². The summed E-state index contributed by atoms with van der Waals surface area (Å²) in [5, 5.41) is 12.9. The Labute approximate surface area is 177 Å².